The molecule has 18 heavy (non-hydrogen) atoms. The van der Waals surface area contributed by atoms with Gasteiger partial charge in [0.25, 0.3) is 0 Å². The summed E-state index contributed by atoms with van der Waals surface area (Å²) in [6.07, 6.45) is 3.07. The van der Waals surface area contributed by atoms with Gasteiger partial charge in [0.05, 0.1) is 4.99 Å². The summed E-state index contributed by atoms with van der Waals surface area (Å²) in [4.78, 5) is 2.79. The van der Waals surface area contributed by atoms with Crippen molar-refractivity contribution in [3.63, 3.8) is 0 Å². The largest absolute Gasteiger partial charge is 0.393 e. The molecule has 0 atom stereocenters. The molecule has 0 aromatic heterocycles. The lowest BCUT2D eigenvalue weighted by atomic mass is 10.2. The third kappa shape index (κ3) is 4.00. The number of nitrogens with zero attached hydrogens (tertiary/aromatic N) is 1. The van der Waals surface area contributed by atoms with E-state index in [1.165, 1.54) is 18.9 Å². The smallest absolute Gasteiger partial charge is 0.127 e. The lowest BCUT2D eigenvalue weighted by Crippen LogP contribution is -2.29. The Labute approximate surface area is 120 Å². The number of hydrogen-bond donors (Lipinski definition) is 1. The molecule has 2 rings (SSSR count). The minimum Gasteiger partial charge on any atom is -0.393 e. The van der Waals surface area contributed by atoms with Crippen LogP contribution in [-0.2, 0) is 6.54 Å². The average molecular weight is 331 g/mol. The molecule has 98 valence electrons. The maximum atomic E-state index is 13.7. The minimum atomic E-state index is -0.154. The van der Waals surface area contributed by atoms with Gasteiger partial charge in [-0.2, -0.15) is 0 Å². The summed E-state index contributed by atoms with van der Waals surface area (Å²) in [5, 5.41) is 0. The van der Waals surface area contributed by atoms with Crippen LogP contribution in [-0.4, -0.2) is 22.5 Å². The predicted octanol–water partition coefficient (Wildman–Crippen LogP) is 3.23. The first-order chi connectivity index (χ1) is 8.56. The van der Waals surface area contributed by atoms with Gasteiger partial charge in [-0.25, -0.2) is 4.39 Å². The van der Waals surface area contributed by atoms with E-state index in [4.69, 9.17) is 18.0 Å². The van der Waals surface area contributed by atoms with Crippen molar-refractivity contribution >= 4 is 33.1 Å². The summed E-state index contributed by atoms with van der Waals surface area (Å²) in [5.41, 5.74) is 6.25. The second-order valence-corrected chi connectivity index (χ2v) is 6.09. The van der Waals surface area contributed by atoms with Gasteiger partial charge in [-0.15, -0.1) is 0 Å². The summed E-state index contributed by atoms with van der Waals surface area (Å²) in [7, 11) is 0. The first-order valence-electron chi connectivity index (χ1n) is 6.02. The molecule has 2 nitrogen and oxygen atoms in total. The van der Waals surface area contributed by atoms with E-state index in [-0.39, 0.29) is 5.82 Å². The molecule has 1 aromatic rings. The summed E-state index contributed by atoms with van der Waals surface area (Å²) in [5.74, 6) is -0.154. The molecule has 0 bridgehead atoms. The van der Waals surface area contributed by atoms with Gasteiger partial charge in [-0.05, 0) is 31.0 Å². The fourth-order valence-corrected chi connectivity index (χ4v) is 2.47. The van der Waals surface area contributed by atoms with Gasteiger partial charge in [0.1, 0.15) is 5.82 Å². The number of halogens is 2. The minimum absolute atomic E-state index is 0.154. The summed E-state index contributed by atoms with van der Waals surface area (Å²) >= 11 is 8.28. The lowest BCUT2D eigenvalue weighted by Gasteiger charge is -2.22. The summed E-state index contributed by atoms with van der Waals surface area (Å²) in [6, 6.07) is 5.62. The van der Waals surface area contributed by atoms with Gasteiger partial charge in [-0.1, -0.05) is 28.1 Å². The predicted molar refractivity (Wildman–Crippen MR) is 78.9 cm³/mol. The highest BCUT2D eigenvalue weighted by atomic mass is 79.9. The molecule has 0 aliphatic heterocycles. The van der Waals surface area contributed by atoms with E-state index in [9.17, 15) is 4.39 Å². The van der Waals surface area contributed by atoms with Gasteiger partial charge in [-0.3, -0.25) is 4.90 Å². The Morgan fingerprint density at radius 1 is 1.50 bits per heavy atom. The third-order valence-electron chi connectivity index (χ3n) is 3.09. The van der Waals surface area contributed by atoms with Crippen LogP contribution in [0.5, 0.6) is 0 Å². The number of rotatable bonds is 6. The fraction of sp³-hybridized carbons (Fsp3) is 0.462. The van der Waals surface area contributed by atoms with Crippen LogP contribution in [0.25, 0.3) is 0 Å². The van der Waals surface area contributed by atoms with E-state index in [0.717, 1.165) is 16.6 Å². The molecule has 1 aliphatic carbocycles. The van der Waals surface area contributed by atoms with Crippen LogP contribution in [0.15, 0.2) is 22.7 Å². The number of benzene rings is 1. The second-order valence-electron chi connectivity index (χ2n) is 4.65. The van der Waals surface area contributed by atoms with Gasteiger partial charge >= 0.3 is 0 Å². The molecule has 1 saturated carbocycles. The van der Waals surface area contributed by atoms with E-state index < -0.39 is 0 Å². The Hall–Kier alpha value is -0.520. The van der Waals surface area contributed by atoms with Crippen molar-refractivity contribution in [1.82, 2.24) is 4.90 Å². The van der Waals surface area contributed by atoms with Gasteiger partial charge in [0.15, 0.2) is 0 Å². The fourth-order valence-electron chi connectivity index (χ4n) is 1.97. The first-order valence-corrected chi connectivity index (χ1v) is 7.22. The van der Waals surface area contributed by atoms with Crippen LogP contribution in [0, 0.1) is 5.82 Å². The van der Waals surface area contributed by atoms with Crippen molar-refractivity contribution in [3.05, 3.63) is 34.1 Å². The van der Waals surface area contributed by atoms with Crippen molar-refractivity contribution < 1.29 is 4.39 Å². The zero-order valence-corrected chi connectivity index (χ0v) is 12.4. The monoisotopic (exact) mass is 330 g/mol. The van der Waals surface area contributed by atoms with E-state index in [1.807, 2.05) is 6.07 Å². The topological polar surface area (TPSA) is 29.3 Å². The van der Waals surface area contributed by atoms with Crippen molar-refractivity contribution in [2.75, 3.05) is 6.54 Å². The van der Waals surface area contributed by atoms with Crippen LogP contribution in [0.4, 0.5) is 4.39 Å². The normalized spacial score (nSPS) is 15.1. The van der Waals surface area contributed by atoms with Crippen molar-refractivity contribution in [1.29, 1.82) is 0 Å². The molecule has 1 fully saturated rings. The molecule has 1 aromatic carbocycles. The molecule has 0 unspecified atom stereocenters. The van der Waals surface area contributed by atoms with E-state index in [2.05, 4.69) is 20.8 Å². The molecule has 2 N–H and O–H groups in total. The number of thiocarbonyl (C=S) groups is 1. The van der Waals surface area contributed by atoms with Crippen molar-refractivity contribution in [3.8, 4) is 0 Å². The van der Waals surface area contributed by atoms with Crippen LogP contribution in [0.2, 0.25) is 0 Å². The standard InChI is InChI=1S/C13H16BrFN2S/c14-10-1-4-12(15)9(7-10)8-17(11-2-3-11)6-5-13(16)18/h1,4,7,11H,2-3,5-6,8H2,(H2,16,18). The Morgan fingerprint density at radius 2 is 2.22 bits per heavy atom. The summed E-state index contributed by atoms with van der Waals surface area (Å²) < 4.78 is 14.6. The SMILES string of the molecule is NC(=S)CCN(Cc1cc(Br)ccc1F)C1CC1. The Bertz CT molecular complexity index is 449. The van der Waals surface area contributed by atoms with Gasteiger partial charge in [0.2, 0.25) is 0 Å². The first kappa shape index (κ1) is 13.9. The Kier molecular flexibility index (Phi) is 4.70. The highest BCUT2D eigenvalue weighted by Crippen LogP contribution is 2.29. The molecule has 0 amide bonds. The Morgan fingerprint density at radius 3 is 2.83 bits per heavy atom. The maximum Gasteiger partial charge on any atom is 0.127 e. The Balaban J connectivity index is 2.03. The quantitative estimate of drug-likeness (QED) is 0.812. The molecule has 5 heteroatoms. The van der Waals surface area contributed by atoms with E-state index in [0.29, 0.717) is 24.0 Å². The molecule has 1 aliphatic rings. The molecule has 0 heterocycles. The van der Waals surface area contributed by atoms with Crippen LogP contribution >= 0.6 is 28.1 Å². The molecule has 0 spiro atoms. The lowest BCUT2D eigenvalue weighted by molar-refractivity contribution is 0.259. The number of hydrogen-bond acceptors (Lipinski definition) is 2. The van der Waals surface area contributed by atoms with Crippen molar-refractivity contribution in [2.45, 2.75) is 31.8 Å². The maximum absolute atomic E-state index is 13.7. The average Bonchev–Trinajstić information content (AvgIpc) is 3.12. The molecular formula is C13H16BrFN2S. The highest BCUT2D eigenvalue weighted by Gasteiger charge is 2.29. The van der Waals surface area contributed by atoms with Crippen molar-refractivity contribution in [2.24, 2.45) is 5.73 Å². The van der Waals surface area contributed by atoms with Crippen LogP contribution in [0.3, 0.4) is 0 Å². The molecule has 0 radical (unpaired) electrons. The zero-order valence-electron chi connectivity index (χ0n) is 10.0. The second kappa shape index (κ2) is 6.08. The van der Waals surface area contributed by atoms with E-state index in [1.54, 1.807) is 6.07 Å². The van der Waals surface area contributed by atoms with E-state index >= 15 is 0 Å². The summed E-state index contributed by atoms with van der Waals surface area (Å²) in [6.45, 7) is 1.44. The van der Waals surface area contributed by atoms with Gasteiger partial charge < -0.3 is 5.73 Å². The highest BCUT2D eigenvalue weighted by molar-refractivity contribution is 9.10. The zero-order chi connectivity index (χ0) is 13.1. The number of nitrogens with two attached hydrogens (primary N) is 1. The van der Waals surface area contributed by atoms with Crippen LogP contribution in [0.1, 0.15) is 24.8 Å². The molecule has 0 saturated heterocycles. The third-order valence-corrected chi connectivity index (χ3v) is 3.79. The van der Waals surface area contributed by atoms with Gasteiger partial charge in [0, 0.05) is 35.6 Å². The van der Waals surface area contributed by atoms with Crippen LogP contribution < -0.4 is 5.73 Å². The molecular weight excluding hydrogens is 315 g/mol.